The lowest BCUT2D eigenvalue weighted by Crippen LogP contribution is -2.05. The Hall–Kier alpha value is -0.730. The summed E-state index contributed by atoms with van der Waals surface area (Å²) >= 11 is 6.09. The van der Waals surface area contributed by atoms with Crippen molar-refractivity contribution in [1.29, 1.82) is 0 Å². The van der Waals surface area contributed by atoms with Crippen molar-refractivity contribution in [2.75, 3.05) is 7.11 Å². The molecular formula is C10H12ClNO. The average Bonchev–Trinajstić information content (AvgIpc) is 2.48. The van der Waals surface area contributed by atoms with Crippen LogP contribution in [0.4, 0.5) is 0 Å². The molecule has 1 aliphatic carbocycles. The van der Waals surface area contributed by atoms with Crippen LogP contribution >= 0.6 is 11.6 Å². The number of methoxy groups -OCH3 is 1. The Balaban J connectivity index is 2.53. The normalized spacial score (nSPS) is 20.1. The standard InChI is InChI=1S/C10H12ClNO/c1-13-7-4-6-2-3-9(12)10(6)8(11)5-7/h4-5,9H,2-3,12H2,1H3/t9-/m0/s1. The van der Waals surface area contributed by atoms with Crippen LogP contribution in [0.5, 0.6) is 5.75 Å². The summed E-state index contributed by atoms with van der Waals surface area (Å²) in [5.41, 5.74) is 8.25. The van der Waals surface area contributed by atoms with E-state index in [-0.39, 0.29) is 6.04 Å². The second kappa shape index (κ2) is 3.20. The predicted molar refractivity (Wildman–Crippen MR) is 53.3 cm³/mol. The van der Waals surface area contributed by atoms with Crippen molar-refractivity contribution in [3.63, 3.8) is 0 Å². The van der Waals surface area contributed by atoms with Crippen LogP contribution in [0, 0.1) is 0 Å². The van der Waals surface area contributed by atoms with Gasteiger partial charge in [-0.1, -0.05) is 11.6 Å². The van der Waals surface area contributed by atoms with Crippen molar-refractivity contribution in [2.24, 2.45) is 5.73 Å². The molecule has 2 nitrogen and oxygen atoms in total. The van der Waals surface area contributed by atoms with E-state index in [4.69, 9.17) is 22.1 Å². The molecule has 13 heavy (non-hydrogen) atoms. The summed E-state index contributed by atoms with van der Waals surface area (Å²) in [5, 5.41) is 0.736. The first-order valence-electron chi connectivity index (χ1n) is 4.34. The van der Waals surface area contributed by atoms with Crippen molar-refractivity contribution in [2.45, 2.75) is 18.9 Å². The third kappa shape index (κ3) is 1.40. The molecule has 2 N–H and O–H groups in total. The molecule has 0 saturated carbocycles. The maximum atomic E-state index is 6.09. The van der Waals surface area contributed by atoms with Gasteiger partial charge in [0.15, 0.2) is 0 Å². The van der Waals surface area contributed by atoms with Crippen LogP contribution in [-0.2, 0) is 6.42 Å². The van der Waals surface area contributed by atoms with E-state index in [0.29, 0.717) is 0 Å². The molecule has 1 atom stereocenters. The van der Waals surface area contributed by atoms with Crippen LogP contribution in [0.3, 0.4) is 0 Å². The highest BCUT2D eigenvalue weighted by atomic mass is 35.5. The monoisotopic (exact) mass is 197 g/mol. The molecule has 0 fully saturated rings. The van der Waals surface area contributed by atoms with Gasteiger partial charge in [0.25, 0.3) is 0 Å². The quantitative estimate of drug-likeness (QED) is 0.750. The van der Waals surface area contributed by atoms with Crippen LogP contribution in [0.2, 0.25) is 5.02 Å². The molecule has 0 amide bonds. The van der Waals surface area contributed by atoms with Gasteiger partial charge in [0.05, 0.1) is 7.11 Å². The third-order valence-corrected chi connectivity index (χ3v) is 2.83. The minimum atomic E-state index is 0.105. The second-order valence-corrected chi connectivity index (χ2v) is 3.73. The summed E-state index contributed by atoms with van der Waals surface area (Å²) in [4.78, 5) is 0. The molecule has 0 unspecified atom stereocenters. The topological polar surface area (TPSA) is 35.2 Å². The third-order valence-electron chi connectivity index (χ3n) is 2.52. The molecule has 2 rings (SSSR count). The Morgan fingerprint density at radius 1 is 1.54 bits per heavy atom. The highest BCUT2D eigenvalue weighted by Crippen LogP contribution is 2.37. The van der Waals surface area contributed by atoms with Gasteiger partial charge in [-0.2, -0.15) is 0 Å². The lowest BCUT2D eigenvalue weighted by molar-refractivity contribution is 0.414. The van der Waals surface area contributed by atoms with Gasteiger partial charge in [0, 0.05) is 11.1 Å². The molecular weight excluding hydrogens is 186 g/mol. The molecule has 3 heteroatoms. The highest BCUT2D eigenvalue weighted by molar-refractivity contribution is 6.31. The zero-order valence-corrected chi connectivity index (χ0v) is 8.27. The largest absolute Gasteiger partial charge is 0.497 e. The fourth-order valence-corrected chi connectivity index (χ4v) is 2.21. The van der Waals surface area contributed by atoms with Crippen LogP contribution in [0.1, 0.15) is 23.6 Å². The van der Waals surface area contributed by atoms with E-state index in [2.05, 4.69) is 0 Å². The van der Waals surface area contributed by atoms with Crippen molar-refractivity contribution in [3.05, 3.63) is 28.3 Å². The van der Waals surface area contributed by atoms with Gasteiger partial charge in [-0.25, -0.2) is 0 Å². The SMILES string of the molecule is COc1cc(Cl)c2c(c1)CC[C@@H]2N. The number of halogens is 1. The van der Waals surface area contributed by atoms with Crippen LogP contribution in [0.15, 0.2) is 12.1 Å². The van der Waals surface area contributed by atoms with Gasteiger partial charge in [-0.05, 0) is 36.1 Å². The van der Waals surface area contributed by atoms with Crippen molar-refractivity contribution in [3.8, 4) is 5.75 Å². The fraction of sp³-hybridized carbons (Fsp3) is 0.400. The van der Waals surface area contributed by atoms with Gasteiger partial charge in [-0.3, -0.25) is 0 Å². The Morgan fingerprint density at radius 3 is 3.00 bits per heavy atom. The number of hydrogen-bond acceptors (Lipinski definition) is 2. The molecule has 1 aliphatic rings. The first-order chi connectivity index (χ1) is 6.22. The number of benzene rings is 1. The van der Waals surface area contributed by atoms with Crippen molar-refractivity contribution < 1.29 is 4.74 Å². The van der Waals surface area contributed by atoms with Gasteiger partial charge in [-0.15, -0.1) is 0 Å². The summed E-state index contributed by atoms with van der Waals surface area (Å²) in [5.74, 6) is 0.817. The molecule has 0 saturated heterocycles. The smallest absolute Gasteiger partial charge is 0.120 e. The van der Waals surface area contributed by atoms with Crippen molar-refractivity contribution in [1.82, 2.24) is 0 Å². The Labute approximate surface area is 82.6 Å². The number of ether oxygens (including phenoxy) is 1. The molecule has 0 spiro atoms. The van der Waals surface area contributed by atoms with E-state index in [1.807, 2.05) is 12.1 Å². The van der Waals surface area contributed by atoms with Gasteiger partial charge >= 0.3 is 0 Å². The number of nitrogens with two attached hydrogens (primary N) is 1. The summed E-state index contributed by atoms with van der Waals surface area (Å²) in [6.07, 6.45) is 2.00. The van der Waals surface area contributed by atoms with Gasteiger partial charge in [0.1, 0.15) is 5.75 Å². The number of rotatable bonds is 1. The molecule has 1 aromatic rings. The predicted octanol–water partition coefficient (Wildman–Crippen LogP) is 2.29. The van der Waals surface area contributed by atoms with Gasteiger partial charge < -0.3 is 10.5 Å². The summed E-state index contributed by atoms with van der Waals surface area (Å²) in [6, 6.07) is 3.95. The summed E-state index contributed by atoms with van der Waals surface area (Å²) in [7, 11) is 1.65. The minimum Gasteiger partial charge on any atom is -0.497 e. The van der Waals surface area contributed by atoms with E-state index in [1.165, 1.54) is 5.56 Å². The number of hydrogen-bond donors (Lipinski definition) is 1. The Kier molecular flexibility index (Phi) is 2.18. The molecule has 1 aromatic carbocycles. The summed E-state index contributed by atoms with van der Waals surface area (Å²) in [6.45, 7) is 0. The van der Waals surface area contributed by atoms with Gasteiger partial charge in [0.2, 0.25) is 0 Å². The molecule has 0 aromatic heterocycles. The van der Waals surface area contributed by atoms with Crippen molar-refractivity contribution >= 4 is 11.6 Å². The maximum absolute atomic E-state index is 6.09. The molecule has 0 aliphatic heterocycles. The van der Waals surface area contributed by atoms with E-state index >= 15 is 0 Å². The lowest BCUT2D eigenvalue weighted by Gasteiger charge is -2.09. The van der Waals surface area contributed by atoms with E-state index in [0.717, 1.165) is 29.2 Å². The Bertz CT molecular complexity index is 338. The maximum Gasteiger partial charge on any atom is 0.120 e. The first-order valence-corrected chi connectivity index (χ1v) is 4.72. The van der Waals surface area contributed by atoms with E-state index in [9.17, 15) is 0 Å². The van der Waals surface area contributed by atoms with E-state index in [1.54, 1.807) is 7.11 Å². The summed E-state index contributed by atoms with van der Waals surface area (Å²) < 4.78 is 5.13. The lowest BCUT2D eigenvalue weighted by atomic mass is 10.1. The first kappa shape index (κ1) is 8.85. The van der Waals surface area contributed by atoms with Crippen LogP contribution in [-0.4, -0.2) is 7.11 Å². The zero-order valence-electron chi connectivity index (χ0n) is 7.51. The second-order valence-electron chi connectivity index (χ2n) is 3.33. The number of fused-ring (bicyclic) bond motifs is 1. The Morgan fingerprint density at radius 2 is 2.31 bits per heavy atom. The fourth-order valence-electron chi connectivity index (χ4n) is 1.84. The molecule has 0 heterocycles. The molecule has 0 bridgehead atoms. The van der Waals surface area contributed by atoms with E-state index < -0.39 is 0 Å². The van der Waals surface area contributed by atoms with Crippen LogP contribution in [0.25, 0.3) is 0 Å². The van der Waals surface area contributed by atoms with Crippen LogP contribution < -0.4 is 10.5 Å². The zero-order chi connectivity index (χ0) is 9.42. The number of aryl methyl sites for hydroxylation is 1. The average molecular weight is 198 g/mol. The molecule has 70 valence electrons. The minimum absolute atomic E-state index is 0.105. The highest BCUT2D eigenvalue weighted by Gasteiger charge is 2.22. The molecule has 0 radical (unpaired) electrons.